The van der Waals surface area contributed by atoms with Crippen LogP contribution in [0.4, 0.5) is 0 Å². The van der Waals surface area contributed by atoms with Crippen molar-refractivity contribution in [3.63, 3.8) is 0 Å². The van der Waals surface area contributed by atoms with Crippen LogP contribution in [0.3, 0.4) is 0 Å². The quantitative estimate of drug-likeness (QED) is 0.505. The summed E-state index contributed by atoms with van der Waals surface area (Å²) in [5, 5.41) is 4.67. The first-order chi connectivity index (χ1) is 12.1. The Morgan fingerprint density at radius 3 is 2.00 bits per heavy atom. The van der Waals surface area contributed by atoms with Crippen LogP contribution in [0.15, 0.2) is 60.7 Å². The Bertz CT molecular complexity index is 1010. The summed E-state index contributed by atoms with van der Waals surface area (Å²) in [4.78, 5) is 12.7. The smallest absolute Gasteiger partial charge is 0.130 e. The van der Waals surface area contributed by atoms with Crippen LogP contribution in [-0.2, 0) is 38.2 Å². The Kier molecular flexibility index (Phi) is 4.05. The molecule has 2 aliphatic heterocycles. The van der Waals surface area contributed by atoms with E-state index in [2.05, 4.69) is 5.32 Å². The van der Waals surface area contributed by atoms with Gasteiger partial charge in [-0.1, -0.05) is 48.5 Å². The summed E-state index contributed by atoms with van der Waals surface area (Å²) in [6.45, 7) is 4.07. The van der Waals surface area contributed by atoms with E-state index in [1.54, 1.807) is 0 Å². The van der Waals surface area contributed by atoms with Gasteiger partial charge in [0.2, 0.25) is 0 Å². The second kappa shape index (κ2) is 6.04. The molecule has 26 heavy (non-hydrogen) atoms. The van der Waals surface area contributed by atoms with Gasteiger partial charge in [-0.3, -0.25) is 0 Å². The average Bonchev–Trinajstić information content (AvgIpc) is 2.88. The molecule has 0 bridgehead atoms. The molecule has 2 heterocycles. The van der Waals surface area contributed by atoms with Gasteiger partial charge in [-0.2, -0.15) is 0 Å². The minimum Gasteiger partial charge on any atom is -0.633 e. The monoisotopic (exact) mass is 415 g/mol. The molecule has 3 aromatic carbocycles. The average molecular weight is 415 g/mol. The van der Waals surface area contributed by atoms with Gasteiger partial charge < -0.3 is 14.8 Å². The fourth-order valence-electron chi connectivity index (χ4n) is 3.96. The summed E-state index contributed by atoms with van der Waals surface area (Å²) in [5.41, 5.74) is 4.85. The van der Waals surface area contributed by atoms with Crippen LogP contribution in [0.1, 0.15) is 38.2 Å². The van der Waals surface area contributed by atoms with Crippen LogP contribution in [0.5, 0.6) is 11.5 Å². The first-order valence-electron chi connectivity index (χ1n) is 8.36. The van der Waals surface area contributed by atoms with Crippen molar-refractivity contribution in [2.45, 2.75) is 19.4 Å². The Labute approximate surface area is 177 Å². The number of rotatable bonds is 0. The van der Waals surface area contributed by atoms with E-state index in [1.807, 2.05) is 74.5 Å². The van der Waals surface area contributed by atoms with Gasteiger partial charge in [-0.15, -0.1) is 0 Å². The first-order valence-corrected chi connectivity index (χ1v) is 8.36. The molecule has 0 fully saturated rings. The molecule has 125 valence electrons. The molecule has 0 N–H and O–H groups in total. The van der Waals surface area contributed by atoms with Gasteiger partial charge in [0, 0.05) is 38.3 Å². The van der Waals surface area contributed by atoms with Crippen molar-refractivity contribution in [1.29, 1.82) is 0 Å². The molecule has 2 aliphatic rings. The van der Waals surface area contributed by atoms with E-state index < -0.39 is 5.54 Å². The first kappa shape index (κ1) is 17.4. The molecule has 3 aromatic rings. The third-order valence-electron chi connectivity index (χ3n) is 5.09. The van der Waals surface area contributed by atoms with Crippen LogP contribution >= 0.6 is 0 Å². The van der Waals surface area contributed by atoms with E-state index in [0.29, 0.717) is 5.56 Å². The number of benzene rings is 3. The molecule has 0 saturated heterocycles. The number of carbonyl (C=O) groups excluding carboxylic acids is 1. The third kappa shape index (κ3) is 2.24. The number of aryl methyl sites for hydroxylation is 2. The molecule has 0 unspecified atom stereocenters. The van der Waals surface area contributed by atoms with Gasteiger partial charge in [-0.05, 0) is 59.3 Å². The molecule has 5 rings (SSSR count). The van der Waals surface area contributed by atoms with Crippen molar-refractivity contribution < 1.29 is 42.2 Å². The number of carbonyl (C=O) groups is 1. The maximum atomic E-state index is 12.7. The normalized spacial score (nSPS) is 15.2. The summed E-state index contributed by atoms with van der Waals surface area (Å²) >= 11 is 0. The summed E-state index contributed by atoms with van der Waals surface area (Å²) in [7, 11) is 0. The van der Waals surface area contributed by atoms with E-state index in [4.69, 9.17) is 4.74 Å². The van der Waals surface area contributed by atoms with E-state index >= 15 is 0 Å². The van der Waals surface area contributed by atoms with Gasteiger partial charge in [0.05, 0.1) is 5.91 Å². The van der Waals surface area contributed by atoms with Crippen molar-refractivity contribution in [3.8, 4) is 11.5 Å². The second-order valence-corrected chi connectivity index (χ2v) is 6.77. The number of fused-ring (bicyclic) bond motifs is 6. The zero-order valence-electron chi connectivity index (χ0n) is 14.6. The third-order valence-corrected chi connectivity index (χ3v) is 5.09. The fourth-order valence-corrected chi connectivity index (χ4v) is 3.96. The molecular formula is C22H16NO2Y-. The standard InChI is InChI=1S/C22H17NO2.Y/c1-13-7-9-17-19(11-13)25-20-12-14(2)8-10-18(20)22(17)16-6-4-3-5-15(16)21(24)23-22;/h3-12H,1-2H3,(H,23,24);/p-1. The Hall–Kier alpha value is -1.97. The zero-order valence-corrected chi connectivity index (χ0v) is 17.5. The molecule has 1 radical (unpaired) electrons. The van der Waals surface area contributed by atoms with E-state index in [9.17, 15) is 4.79 Å². The molecule has 0 aliphatic carbocycles. The molecule has 1 amide bonds. The number of amides is 1. The maximum Gasteiger partial charge on any atom is 0.130 e. The molecule has 0 saturated carbocycles. The topological polar surface area (TPSA) is 40.4 Å². The van der Waals surface area contributed by atoms with Crippen LogP contribution in [-0.4, -0.2) is 5.91 Å². The number of hydrogen-bond acceptors (Lipinski definition) is 2. The van der Waals surface area contributed by atoms with E-state index in [1.165, 1.54) is 0 Å². The van der Waals surface area contributed by atoms with Crippen molar-refractivity contribution in [3.05, 3.63) is 99.4 Å². The van der Waals surface area contributed by atoms with E-state index in [-0.39, 0.29) is 38.6 Å². The molecule has 4 heteroatoms. The molecule has 0 atom stereocenters. The minimum absolute atomic E-state index is 0. The predicted molar refractivity (Wildman–Crippen MR) is 96.4 cm³/mol. The van der Waals surface area contributed by atoms with Crippen LogP contribution in [0.25, 0.3) is 5.32 Å². The van der Waals surface area contributed by atoms with Crippen molar-refractivity contribution in [2.24, 2.45) is 0 Å². The van der Waals surface area contributed by atoms with E-state index in [0.717, 1.165) is 39.3 Å². The Balaban J connectivity index is 0.00000168. The zero-order chi connectivity index (χ0) is 17.2. The molecular weight excluding hydrogens is 399 g/mol. The summed E-state index contributed by atoms with van der Waals surface area (Å²) in [6, 6.07) is 19.9. The van der Waals surface area contributed by atoms with Crippen molar-refractivity contribution in [2.75, 3.05) is 0 Å². The SMILES string of the molecule is Cc1ccc2c(c1)Oc1cc(C)ccc1C21[N-]C(=O)c2ccccc21.[Y]. The van der Waals surface area contributed by atoms with Gasteiger partial charge in [0.1, 0.15) is 11.5 Å². The van der Waals surface area contributed by atoms with Crippen molar-refractivity contribution in [1.82, 2.24) is 0 Å². The Morgan fingerprint density at radius 2 is 1.38 bits per heavy atom. The second-order valence-electron chi connectivity index (χ2n) is 6.77. The van der Waals surface area contributed by atoms with Crippen LogP contribution in [0.2, 0.25) is 0 Å². The minimum atomic E-state index is -0.821. The molecule has 3 nitrogen and oxygen atoms in total. The Morgan fingerprint density at radius 1 is 0.808 bits per heavy atom. The predicted octanol–water partition coefficient (Wildman–Crippen LogP) is 5.23. The summed E-state index contributed by atoms with van der Waals surface area (Å²) in [5.74, 6) is 1.37. The number of hydrogen-bond donors (Lipinski definition) is 0. The number of ether oxygens (including phenoxy) is 1. The largest absolute Gasteiger partial charge is 0.633 e. The summed E-state index contributed by atoms with van der Waals surface area (Å²) in [6.07, 6.45) is 0. The molecule has 1 spiro atoms. The van der Waals surface area contributed by atoms with Gasteiger partial charge in [0.25, 0.3) is 0 Å². The van der Waals surface area contributed by atoms with Gasteiger partial charge >= 0.3 is 0 Å². The van der Waals surface area contributed by atoms with Crippen LogP contribution < -0.4 is 4.74 Å². The maximum absolute atomic E-state index is 12.7. The van der Waals surface area contributed by atoms with Gasteiger partial charge in [-0.25, -0.2) is 0 Å². The number of nitrogens with zero attached hydrogens (tertiary/aromatic N) is 1. The molecule has 0 aromatic heterocycles. The van der Waals surface area contributed by atoms with Crippen LogP contribution in [0, 0.1) is 13.8 Å². The van der Waals surface area contributed by atoms with Crippen molar-refractivity contribution >= 4 is 5.91 Å². The fraction of sp³-hybridized carbons (Fsp3) is 0.136. The summed E-state index contributed by atoms with van der Waals surface area (Å²) < 4.78 is 6.20. The van der Waals surface area contributed by atoms with Gasteiger partial charge in [0.15, 0.2) is 0 Å².